The van der Waals surface area contributed by atoms with Crippen molar-refractivity contribution in [2.24, 2.45) is 0 Å². The molecule has 0 aliphatic carbocycles. The maximum absolute atomic E-state index is 11.4. The van der Waals surface area contributed by atoms with Crippen LogP contribution < -0.4 is 4.90 Å². The van der Waals surface area contributed by atoms with Gasteiger partial charge in [0.1, 0.15) is 6.54 Å². The van der Waals surface area contributed by atoms with E-state index in [9.17, 15) is 4.79 Å². The number of carbonyl (C=O) groups excluding carboxylic acids is 1. The number of aromatic nitrogens is 2. The summed E-state index contributed by atoms with van der Waals surface area (Å²) >= 11 is 11.6. The number of rotatable bonds is 5. The van der Waals surface area contributed by atoms with Gasteiger partial charge in [0.05, 0.1) is 12.3 Å². The van der Waals surface area contributed by atoms with Crippen LogP contribution in [0.4, 0.5) is 5.69 Å². The Bertz CT molecular complexity index is 401. The summed E-state index contributed by atoms with van der Waals surface area (Å²) < 4.78 is 4.87. The first-order valence-corrected chi connectivity index (χ1v) is 5.93. The molecule has 0 radical (unpaired) electrons. The molecule has 0 unspecified atom stereocenters. The molecule has 5 nitrogen and oxygen atoms in total. The Morgan fingerprint density at radius 3 is 2.71 bits per heavy atom. The third kappa shape index (κ3) is 4.02. The fraction of sp³-hybridized carbons (Fsp3) is 0.500. The van der Waals surface area contributed by atoms with E-state index < -0.39 is 0 Å². The molecule has 1 rings (SSSR count). The predicted molar refractivity (Wildman–Crippen MR) is 66.6 cm³/mol. The zero-order chi connectivity index (χ0) is 12.8. The zero-order valence-electron chi connectivity index (χ0n) is 9.61. The van der Waals surface area contributed by atoms with E-state index in [1.807, 2.05) is 6.92 Å². The van der Waals surface area contributed by atoms with Gasteiger partial charge in [0.2, 0.25) is 0 Å². The molecule has 1 aromatic rings. The van der Waals surface area contributed by atoms with Crippen molar-refractivity contribution in [1.29, 1.82) is 0 Å². The van der Waals surface area contributed by atoms with Gasteiger partial charge in [0, 0.05) is 12.6 Å². The van der Waals surface area contributed by atoms with Crippen LogP contribution in [-0.4, -0.2) is 35.9 Å². The van der Waals surface area contributed by atoms with E-state index in [4.69, 9.17) is 27.9 Å². The van der Waals surface area contributed by atoms with Crippen molar-refractivity contribution in [3.05, 3.63) is 16.4 Å². The van der Waals surface area contributed by atoms with Crippen LogP contribution in [-0.2, 0) is 9.53 Å². The molecule has 0 fully saturated rings. The average Bonchev–Trinajstić information content (AvgIpc) is 2.30. The van der Waals surface area contributed by atoms with Crippen LogP contribution in [0, 0.1) is 0 Å². The molecule has 0 amide bonds. The van der Waals surface area contributed by atoms with Crippen LogP contribution in [0.1, 0.15) is 13.8 Å². The first-order valence-electron chi connectivity index (χ1n) is 5.17. The van der Waals surface area contributed by atoms with E-state index in [-0.39, 0.29) is 22.8 Å². The van der Waals surface area contributed by atoms with Crippen molar-refractivity contribution in [2.75, 3.05) is 24.6 Å². The van der Waals surface area contributed by atoms with Gasteiger partial charge >= 0.3 is 5.97 Å². The fourth-order valence-corrected chi connectivity index (χ4v) is 1.65. The summed E-state index contributed by atoms with van der Waals surface area (Å²) in [5, 5.41) is 7.74. The lowest BCUT2D eigenvalue weighted by molar-refractivity contribution is -0.141. The number of likely N-dealkylation sites (N-methyl/N-ethyl adjacent to an activating group) is 1. The molecular weight excluding hydrogens is 265 g/mol. The summed E-state index contributed by atoms with van der Waals surface area (Å²) in [4.78, 5) is 13.1. The van der Waals surface area contributed by atoms with Crippen molar-refractivity contribution in [2.45, 2.75) is 13.8 Å². The van der Waals surface area contributed by atoms with E-state index in [0.717, 1.165) is 0 Å². The van der Waals surface area contributed by atoms with Gasteiger partial charge in [-0.2, -0.15) is 0 Å². The molecule has 94 valence electrons. The number of carbonyl (C=O) groups is 1. The maximum Gasteiger partial charge on any atom is 0.325 e. The Kier molecular flexibility index (Phi) is 5.44. The Morgan fingerprint density at radius 1 is 1.41 bits per heavy atom. The van der Waals surface area contributed by atoms with E-state index >= 15 is 0 Å². The van der Waals surface area contributed by atoms with Crippen LogP contribution in [0.3, 0.4) is 0 Å². The van der Waals surface area contributed by atoms with E-state index in [0.29, 0.717) is 18.8 Å². The summed E-state index contributed by atoms with van der Waals surface area (Å²) in [7, 11) is 0. The first kappa shape index (κ1) is 14.0. The number of nitrogens with zero attached hydrogens (tertiary/aromatic N) is 3. The van der Waals surface area contributed by atoms with Gasteiger partial charge in [0.25, 0.3) is 0 Å². The van der Waals surface area contributed by atoms with Crippen LogP contribution >= 0.6 is 23.2 Å². The van der Waals surface area contributed by atoms with Crippen molar-refractivity contribution in [3.8, 4) is 0 Å². The molecule has 0 aliphatic heterocycles. The highest BCUT2D eigenvalue weighted by atomic mass is 35.5. The van der Waals surface area contributed by atoms with Gasteiger partial charge < -0.3 is 9.64 Å². The SMILES string of the molecule is CCOC(=O)CN(CC)c1cc(Cl)nnc1Cl. The maximum atomic E-state index is 11.4. The molecule has 0 saturated heterocycles. The molecule has 0 saturated carbocycles. The zero-order valence-corrected chi connectivity index (χ0v) is 11.1. The topological polar surface area (TPSA) is 55.3 Å². The summed E-state index contributed by atoms with van der Waals surface area (Å²) in [6.45, 7) is 4.68. The quantitative estimate of drug-likeness (QED) is 0.773. The Morgan fingerprint density at radius 2 is 2.12 bits per heavy atom. The first-order chi connectivity index (χ1) is 8.08. The van der Waals surface area contributed by atoms with Gasteiger partial charge in [-0.05, 0) is 13.8 Å². The normalized spacial score (nSPS) is 10.1. The van der Waals surface area contributed by atoms with E-state index in [2.05, 4.69) is 10.2 Å². The molecule has 17 heavy (non-hydrogen) atoms. The minimum atomic E-state index is -0.321. The molecule has 0 spiro atoms. The molecule has 0 aliphatic rings. The van der Waals surface area contributed by atoms with Crippen LogP contribution in [0.25, 0.3) is 0 Å². The van der Waals surface area contributed by atoms with Gasteiger partial charge in [-0.3, -0.25) is 4.79 Å². The van der Waals surface area contributed by atoms with Crippen LogP contribution in [0.2, 0.25) is 10.3 Å². The molecule has 1 heterocycles. The number of ether oxygens (including phenoxy) is 1. The van der Waals surface area contributed by atoms with Crippen molar-refractivity contribution in [1.82, 2.24) is 10.2 Å². The van der Waals surface area contributed by atoms with E-state index in [1.165, 1.54) is 0 Å². The highest BCUT2D eigenvalue weighted by Gasteiger charge is 2.15. The van der Waals surface area contributed by atoms with Crippen LogP contribution in [0.15, 0.2) is 6.07 Å². The minimum Gasteiger partial charge on any atom is -0.465 e. The standard InChI is InChI=1S/C10H13Cl2N3O2/c1-3-15(6-9(16)17-4-2)7-5-8(11)13-14-10(7)12/h5H,3-4,6H2,1-2H3. The molecular formula is C10H13Cl2N3O2. The average molecular weight is 278 g/mol. The largest absolute Gasteiger partial charge is 0.465 e. The molecule has 1 aromatic heterocycles. The van der Waals surface area contributed by atoms with Crippen molar-refractivity contribution < 1.29 is 9.53 Å². The Hall–Kier alpha value is -1.07. The number of anilines is 1. The third-order valence-electron chi connectivity index (χ3n) is 2.05. The molecule has 0 aromatic carbocycles. The molecule has 0 atom stereocenters. The number of esters is 1. The fourth-order valence-electron chi connectivity index (χ4n) is 1.30. The summed E-state index contributed by atoms with van der Waals surface area (Å²) in [5.74, 6) is -0.321. The molecule has 0 bridgehead atoms. The van der Waals surface area contributed by atoms with Gasteiger partial charge in [-0.15, -0.1) is 10.2 Å². The number of halogens is 2. The molecule has 0 N–H and O–H groups in total. The summed E-state index contributed by atoms with van der Waals surface area (Å²) in [6.07, 6.45) is 0. The number of hydrogen-bond donors (Lipinski definition) is 0. The minimum absolute atomic E-state index is 0.103. The van der Waals surface area contributed by atoms with Gasteiger partial charge in [-0.1, -0.05) is 23.2 Å². The monoisotopic (exact) mass is 277 g/mol. The Balaban J connectivity index is 2.85. The second-order valence-electron chi connectivity index (χ2n) is 3.16. The van der Waals surface area contributed by atoms with Crippen molar-refractivity contribution >= 4 is 34.9 Å². The second kappa shape index (κ2) is 6.61. The smallest absolute Gasteiger partial charge is 0.325 e. The van der Waals surface area contributed by atoms with Gasteiger partial charge in [0.15, 0.2) is 10.3 Å². The van der Waals surface area contributed by atoms with E-state index in [1.54, 1.807) is 17.9 Å². The molecule has 7 heteroatoms. The highest BCUT2D eigenvalue weighted by molar-refractivity contribution is 6.33. The van der Waals surface area contributed by atoms with Gasteiger partial charge in [-0.25, -0.2) is 0 Å². The number of hydrogen-bond acceptors (Lipinski definition) is 5. The summed E-state index contributed by atoms with van der Waals surface area (Å²) in [5.41, 5.74) is 0.571. The van der Waals surface area contributed by atoms with Crippen LogP contribution in [0.5, 0.6) is 0 Å². The lowest BCUT2D eigenvalue weighted by atomic mass is 10.4. The Labute approximate surface area is 110 Å². The van der Waals surface area contributed by atoms with Crippen molar-refractivity contribution in [3.63, 3.8) is 0 Å². The third-order valence-corrected chi connectivity index (χ3v) is 2.50. The lowest BCUT2D eigenvalue weighted by Crippen LogP contribution is -2.31. The lowest BCUT2D eigenvalue weighted by Gasteiger charge is -2.22. The highest BCUT2D eigenvalue weighted by Crippen LogP contribution is 2.24. The predicted octanol–water partition coefficient (Wildman–Crippen LogP) is 2.17. The summed E-state index contributed by atoms with van der Waals surface area (Å²) in [6, 6.07) is 1.57. The second-order valence-corrected chi connectivity index (χ2v) is 3.91.